The molecule has 1 spiro atoms. The highest BCUT2D eigenvalue weighted by Crippen LogP contribution is 2.80. The van der Waals surface area contributed by atoms with Gasteiger partial charge in [-0.25, -0.2) is 0 Å². The Morgan fingerprint density at radius 3 is 2.55 bits per heavy atom. The lowest BCUT2D eigenvalue weighted by molar-refractivity contribution is -0.134. The molecular formula is C21H34O. The van der Waals surface area contributed by atoms with E-state index in [1.54, 1.807) is 0 Å². The highest BCUT2D eigenvalue weighted by atomic mass is 16.3. The van der Waals surface area contributed by atoms with E-state index in [1.807, 2.05) is 0 Å². The van der Waals surface area contributed by atoms with Gasteiger partial charge in [-0.3, -0.25) is 0 Å². The van der Waals surface area contributed by atoms with Crippen LogP contribution in [0, 0.1) is 45.8 Å². The van der Waals surface area contributed by atoms with Crippen LogP contribution in [0.3, 0.4) is 0 Å². The van der Waals surface area contributed by atoms with Crippen LogP contribution in [0.4, 0.5) is 0 Å². The van der Waals surface area contributed by atoms with Crippen LogP contribution in [-0.2, 0) is 0 Å². The van der Waals surface area contributed by atoms with E-state index in [0.29, 0.717) is 16.2 Å². The third-order valence-corrected chi connectivity index (χ3v) is 10.3. The standard InChI is InChI=1S/C21H34O/c1-13-4-5-17-16-10-14-11-21(14)12-15(22)6-9-20(21,3)18(16)7-8-19(13,17)2/h13-18,22H,4-12H2,1-3H3/t13-,14-,15-,16?,17?,18?,19+,20+,21-/m0/s1. The second-order valence-corrected chi connectivity index (χ2v) is 10.5. The molecule has 0 aromatic carbocycles. The summed E-state index contributed by atoms with van der Waals surface area (Å²) in [7, 11) is 0. The van der Waals surface area contributed by atoms with Gasteiger partial charge >= 0.3 is 0 Å². The fraction of sp³-hybridized carbons (Fsp3) is 1.00. The summed E-state index contributed by atoms with van der Waals surface area (Å²) in [6.07, 6.45) is 12.5. The molecule has 5 saturated carbocycles. The number of aliphatic hydroxyl groups excluding tert-OH is 1. The molecule has 0 saturated heterocycles. The van der Waals surface area contributed by atoms with E-state index < -0.39 is 0 Å². The third-order valence-electron chi connectivity index (χ3n) is 10.3. The summed E-state index contributed by atoms with van der Waals surface area (Å²) in [6.45, 7) is 7.81. The number of hydrogen-bond acceptors (Lipinski definition) is 1. The molecule has 1 heteroatoms. The number of hydrogen-bond donors (Lipinski definition) is 1. The molecule has 0 heterocycles. The Bertz CT molecular complexity index is 500. The van der Waals surface area contributed by atoms with Gasteiger partial charge in [0.25, 0.3) is 0 Å². The van der Waals surface area contributed by atoms with Gasteiger partial charge in [0.15, 0.2) is 0 Å². The molecular weight excluding hydrogens is 268 g/mol. The minimum absolute atomic E-state index is 0.00924. The van der Waals surface area contributed by atoms with Crippen molar-refractivity contribution < 1.29 is 5.11 Å². The fourth-order valence-electron chi connectivity index (χ4n) is 8.66. The maximum absolute atomic E-state index is 10.3. The molecule has 0 aliphatic heterocycles. The van der Waals surface area contributed by atoms with Crippen molar-refractivity contribution in [1.29, 1.82) is 0 Å². The van der Waals surface area contributed by atoms with Crippen molar-refractivity contribution in [2.24, 2.45) is 45.8 Å². The normalized spacial score (nSPS) is 66.0. The molecule has 124 valence electrons. The highest BCUT2D eigenvalue weighted by Gasteiger charge is 2.73. The Labute approximate surface area is 136 Å². The Morgan fingerprint density at radius 2 is 1.73 bits per heavy atom. The summed E-state index contributed by atoms with van der Waals surface area (Å²) in [5, 5.41) is 10.3. The zero-order valence-electron chi connectivity index (χ0n) is 14.8. The van der Waals surface area contributed by atoms with Crippen LogP contribution in [-0.4, -0.2) is 11.2 Å². The average Bonchev–Trinajstić information content (AvgIpc) is 3.08. The van der Waals surface area contributed by atoms with Gasteiger partial charge in [0, 0.05) is 0 Å². The molecule has 0 radical (unpaired) electrons. The topological polar surface area (TPSA) is 20.2 Å². The molecule has 3 unspecified atom stereocenters. The van der Waals surface area contributed by atoms with Gasteiger partial charge in [-0.2, -0.15) is 0 Å². The summed E-state index contributed by atoms with van der Waals surface area (Å²) in [6, 6.07) is 0. The van der Waals surface area contributed by atoms with Crippen LogP contribution in [0.25, 0.3) is 0 Å². The van der Waals surface area contributed by atoms with E-state index in [4.69, 9.17) is 0 Å². The SMILES string of the molecule is C[C@H]1CCC2C3C[C@H]4C[C@]45C[C@@H](O)CC[C@]5(C)C3CC[C@@]21C. The van der Waals surface area contributed by atoms with Gasteiger partial charge in [-0.1, -0.05) is 20.8 Å². The van der Waals surface area contributed by atoms with Crippen LogP contribution in [0.5, 0.6) is 0 Å². The summed E-state index contributed by atoms with van der Waals surface area (Å²) >= 11 is 0. The van der Waals surface area contributed by atoms with Crippen molar-refractivity contribution in [1.82, 2.24) is 0 Å². The monoisotopic (exact) mass is 302 g/mol. The summed E-state index contributed by atoms with van der Waals surface area (Å²) in [5.74, 6) is 4.92. The quantitative estimate of drug-likeness (QED) is 0.665. The second kappa shape index (κ2) is 4.13. The molecule has 9 atom stereocenters. The Balaban J connectivity index is 1.51. The molecule has 5 aliphatic carbocycles. The molecule has 22 heavy (non-hydrogen) atoms. The maximum Gasteiger partial charge on any atom is 0.0546 e. The molecule has 5 rings (SSSR count). The van der Waals surface area contributed by atoms with Gasteiger partial charge in [-0.15, -0.1) is 0 Å². The lowest BCUT2D eigenvalue weighted by Gasteiger charge is -2.61. The highest BCUT2D eigenvalue weighted by molar-refractivity contribution is 5.22. The first-order chi connectivity index (χ1) is 10.4. The predicted molar refractivity (Wildman–Crippen MR) is 89.3 cm³/mol. The Kier molecular flexibility index (Phi) is 2.69. The smallest absolute Gasteiger partial charge is 0.0546 e. The molecule has 0 amide bonds. The number of rotatable bonds is 0. The van der Waals surface area contributed by atoms with Gasteiger partial charge in [-0.05, 0) is 104 Å². The van der Waals surface area contributed by atoms with Gasteiger partial charge in [0.1, 0.15) is 0 Å². The Hall–Kier alpha value is -0.0400. The molecule has 5 aliphatic rings. The van der Waals surface area contributed by atoms with Crippen molar-refractivity contribution in [2.45, 2.75) is 84.7 Å². The van der Waals surface area contributed by atoms with E-state index in [0.717, 1.165) is 42.4 Å². The first kappa shape index (κ1) is 14.3. The fourth-order valence-corrected chi connectivity index (χ4v) is 8.66. The summed E-state index contributed by atoms with van der Waals surface area (Å²) < 4.78 is 0. The minimum atomic E-state index is 0.00924. The molecule has 0 aromatic heterocycles. The van der Waals surface area contributed by atoms with E-state index in [-0.39, 0.29) is 6.10 Å². The maximum atomic E-state index is 10.3. The Morgan fingerprint density at radius 1 is 0.909 bits per heavy atom. The van der Waals surface area contributed by atoms with Crippen LogP contribution in [0.15, 0.2) is 0 Å². The average molecular weight is 303 g/mol. The minimum Gasteiger partial charge on any atom is -0.393 e. The number of aliphatic hydroxyl groups is 1. The second-order valence-electron chi connectivity index (χ2n) is 10.5. The van der Waals surface area contributed by atoms with Crippen molar-refractivity contribution in [3.8, 4) is 0 Å². The largest absolute Gasteiger partial charge is 0.393 e. The van der Waals surface area contributed by atoms with E-state index >= 15 is 0 Å². The first-order valence-electron chi connectivity index (χ1n) is 10.1. The lowest BCUT2D eigenvalue weighted by Crippen LogP contribution is -2.54. The molecule has 0 aromatic rings. The summed E-state index contributed by atoms with van der Waals surface area (Å²) in [4.78, 5) is 0. The third kappa shape index (κ3) is 1.47. The molecule has 1 N–H and O–H groups in total. The van der Waals surface area contributed by atoms with Gasteiger partial charge in [0.05, 0.1) is 6.10 Å². The van der Waals surface area contributed by atoms with Crippen LogP contribution < -0.4 is 0 Å². The first-order valence-corrected chi connectivity index (χ1v) is 10.1. The zero-order valence-corrected chi connectivity index (χ0v) is 14.8. The predicted octanol–water partition coefficient (Wildman–Crippen LogP) is 5.03. The molecule has 0 bridgehead atoms. The van der Waals surface area contributed by atoms with E-state index in [2.05, 4.69) is 20.8 Å². The van der Waals surface area contributed by atoms with Crippen LogP contribution in [0.1, 0.15) is 78.6 Å². The van der Waals surface area contributed by atoms with Crippen molar-refractivity contribution >= 4 is 0 Å². The summed E-state index contributed by atoms with van der Waals surface area (Å²) in [5.41, 5.74) is 1.78. The van der Waals surface area contributed by atoms with Crippen LogP contribution >= 0.6 is 0 Å². The van der Waals surface area contributed by atoms with Crippen molar-refractivity contribution in [3.63, 3.8) is 0 Å². The van der Waals surface area contributed by atoms with E-state index in [9.17, 15) is 5.11 Å². The van der Waals surface area contributed by atoms with E-state index in [1.165, 1.54) is 44.9 Å². The zero-order chi connectivity index (χ0) is 15.3. The lowest BCUT2D eigenvalue weighted by atomic mass is 9.44. The molecule has 1 nitrogen and oxygen atoms in total. The van der Waals surface area contributed by atoms with Gasteiger partial charge < -0.3 is 5.11 Å². The number of fused-ring (bicyclic) bond motifs is 4. The van der Waals surface area contributed by atoms with Crippen LogP contribution in [0.2, 0.25) is 0 Å². The van der Waals surface area contributed by atoms with Gasteiger partial charge in [0.2, 0.25) is 0 Å². The van der Waals surface area contributed by atoms with Crippen molar-refractivity contribution in [3.05, 3.63) is 0 Å². The van der Waals surface area contributed by atoms with Crippen molar-refractivity contribution in [2.75, 3.05) is 0 Å². The molecule has 5 fully saturated rings.